The number of nitrogens with one attached hydrogen (secondary N) is 1. The van der Waals surface area contributed by atoms with Crippen LogP contribution in [0, 0.1) is 0 Å². The van der Waals surface area contributed by atoms with E-state index in [-0.39, 0.29) is 0 Å². The molecule has 0 atom stereocenters. The average molecular weight is 202 g/mol. The largest absolute Gasteiger partial charge is 0.434 e. The number of hydrogen-bond acceptors (Lipinski definition) is 3. The number of rotatable bonds is 2. The van der Waals surface area contributed by atoms with Crippen LogP contribution in [0.2, 0.25) is 0 Å². The standard InChI is InChI=1S/C11H10N2O2/c1-8(10-12-13-11(14)15-10)7-9-5-3-2-4-6-9/h2-7H,1H3,(H,13,14)/b8-7-. The highest BCUT2D eigenvalue weighted by Gasteiger charge is 2.02. The third kappa shape index (κ3) is 2.22. The number of aromatic amines is 1. The lowest BCUT2D eigenvalue weighted by Crippen LogP contribution is -1.93. The van der Waals surface area contributed by atoms with E-state index < -0.39 is 5.76 Å². The molecule has 1 heterocycles. The van der Waals surface area contributed by atoms with E-state index in [4.69, 9.17) is 4.42 Å². The molecule has 1 aromatic heterocycles. The topological polar surface area (TPSA) is 58.9 Å². The summed E-state index contributed by atoms with van der Waals surface area (Å²) in [5.41, 5.74) is 1.85. The smallest absolute Gasteiger partial charge is 0.388 e. The summed E-state index contributed by atoms with van der Waals surface area (Å²) < 4.78 is 4.83. The second-order valence-electron chi connectivity index (χ2n) is 3.16. The van der Waals surface area contributed by atoms with E-state index in [9.17, 15) is 4.79 Å². The first kappa shape index (κ1) is 9.45. The number of nitrogens with zero attached hydrogens (tertiary/aromatic N) is 1. The summed E-state index contributed by atoms with van der Waals surface area (Å²) in [6.45, 7) is 1.84. The van der Waals surface area contributed by atoms with Crippen molar-refractivity contribution in [1.82, 2.24) is 10.2 Å². The highest BCUT2D eigenvalue weighted by atomic mass is 16.4. The fourth-order valence-electron chi connectivity index (χ4n) is 1.26. The van der Waals surface area contributed by atoms with E-state index in [1.807, 2.05) is 43.3 Å². The summed E-state index contributed by atoms with van der Waals surface area (Å²) in [4.78, 5) is 10.7. The van der Waals surface area contributed by atoms with Crippen molar-refractivity contribution in [2.75, 3.05) is 0 Å². The van der Waals surface area contributed by atoms with Gasteiger partial charge in [-0.05, 0) is 18.6 Å². The second kappa shape index (κ2) is 3.96. The first-order valence-electron chi connectivity index (χ1n) is 4.55. The highest BCUT2D eigenvalue weighted by molar-refractivity contribution is 5.76. The van der Waals surface area contributed by atoms with Gasteiger partial charge in [0.15, 0.2) is 0 Å². The van der Waals surface area contributed by atoms with Crippen LogP contribution in [0.5, 0.6) is 0 Å². The van der Waals surface area contributed by atoms with Crippen molar-refractivity contribution in [3.63, 3.8) is 0 Å². The predicted molar refractivity (Wildman–Crippen MR) is 57.1 cm³/mol. The first-order valence-corrected chi connectivity index (χ1v) is 4.55. The molecule has 0 aliphatic heterocycles. The SMILES string of the molecule is C/C(=C/c1ccccc1)c1n[nH]c(=O)o1. The fourth-order valence-corrected chi connectivity index (χ4v) is 1.26. The van der Waals surface area contributed by atoms with E-state index >= 15 is 0 Å². The van der Waals surface area contributed by atoms with Crippen molar-refractivity contribution in [1.29, 1.82) is 0 Å². The molecule has 4 heteroatoms. The molecule has 4 nitrogen and oxygen atoms in total. The minimum absolute atomic E-state index is 0.323. The second-order valence-corrected chi connectivity index (χ2v) is 3.16. The van der Waals surface area contributed by atoms with Gasteiger partial charge in [0.1, 0.15) is 0 Å². The average Bonchev–Trinajstić information content (AvgIpc) is 2.66. The first-order chi connectivity index (χ1) is 7.25. The van der Waals surface area contributed by atoms with Crippen molar-refractivity contribution in [3.8, 4) is 0 Å². The Morgan fingerprint density at radius 3 is 2.73 bits per heavy atom. The summed E-state index contributed by atoms with van der Waals surface area (Å²) in [7, 11) is 0. The van der Waals surface area contributed by atoms with Gasteiger partial charge in [0, 0.05) is 5.57 Å². The molecule has 0 unspecified atom stereocenters. The molecule has 0 saturated heterocycles. The Kier molecular flexibility index (Phi) is 2.49. The molecule has 0 saturated carbocycles. The molecule has 0 radical (unpaired) electrons. The van der Waals surface area contributed by atoms with Crippen molar-refractivity contribution >= 4 is 11.6 Å². The van der Waals surface area contributed by atoms with E-state index in [1.165, 1.54) is 0 Å². The van der Waals surface area contributed by atoms with Crippen LogP contribution in [-0.4, -0.2) is 10.2 Å². The molecule has 0 spiro atoms. The Morgan fingerprint density at radius 2 is 2.13 bits per heavy atom. The van der Waals surface area contributed by atoms with Crippen LogP contribution in [0.1, 0.15) is 18.4 Å². The lowest BCUT2D eigenvalue weighted by Gasteiger charge is -1.94. The van der Waals surface area contributed by atoms with E-state index in [1.54, 1.807) is 0 Å². The number of allylic oxidation sites excluding steroid dienone is 1. The summed E-state index contributed by atoms with van der Waals surface area (Å²) >= 11 is 0. The van der Waals surface area contributed by atoms with Gasteiger partial charge >= 0.3 is 5.76 Å². The Balaban J connectivity index is 2.32. The molecule has 15 heavy (non-hydrogen) atoms. The van der Waals surface area contributed by atoms with Crippen molar-refractivity contribution in [2.45, 2.75) is 6.92 Å². The van der Waals surface area contributed by atoms with Gasteiger partial charge < -0.3 is 4.42 Å². The number of benzene rings is 1. The van der Waals surface area contributed by atoms with Gasteiger partial charge in [-0.25, -0.2) is 9.89 Å². The molecule has 0 aliphatic rings. The zero-order valence-electron chi connectivity index (χ0n) is 8.23. The summed E-state index contributed by atoms with van der Waals surface area (Å²) in [6, 6.07) is 9.77. The quantitative estimate of drug-likeness (QED) is 0.809. The van der Waals surface area contributed by atoms with Gasteiger partial charge in [-0.1, -0.05) is 30.3 Å². The third-order valence-electron chi connectivity index (χ3n) is 1.96. The Morgan fingerprint density at radius 1 is 1.40 bits per heavy atom. The minimum atomic E-state index is -0.536. The van der Waals surface area contributed by atoms with Crippen LogP contribution < -0.4 is 5.76 Å². The van der Waals surface area contributed by atoms with E-state index in [2.05, 4.69) is 10.2 Å². The summed E-state index contributed by atoms with van der Waals surface area (Å²) in [6.07, 6.45) is 1.90. The molecule has 0 amide bonds. The third-order valence-corrected chi connectivity index (χ3v) is 1.96. The number of aromatic nitrogens is 2. The van der Waals surface area contributed by atoms with E-state index in [0.29, 0.717) is 5.89 Å². The Hall–Kier alpha value is -2.10. The van der Waals surface area contributed by atoms with Gasteiger partial charge in [0.25, 0.3) is 0 Å². The van der Waals surface area contributed by atoms with Gasteiger partial charge in [0.2, 0.25) is 5.89 Å². The minimum Gasteiger partial charge on any atom is -0.388 e. The van der Waals surface area contributed by atoms with E-state index in [0.717, 1.165) is 11.1 Å². The molecule has 0 bridgehead atoms. The normalized spacial score (nSPS) is 11.7. The lowest BCUT2D eigenvalue weighted by molar-refractivity contribution is 0.500. The van der Waals surface area contributed by atoms with Gasteiger partial charge in [-0.3, -0.25) is 0 Å². The van der Waals surface area contributed by atoms with Crippen molar-refractivity contribution in [2.24, 2.45) is 0 Å². The zero-order chi connectivity index (χ0) is 10.7. The lowest BCUT2D eigenvalue weighted by atomic mass is 10.1. The number of H-pyrrole nitrogens is 1. The maximum Gasteiger partial charge on any atom is 0.434 e. The van der Waals surface area contributed by atoms with Crippen LogP contribution >= 0.6 is 0 Å². The molecule has 1 N–H and O–H groups in total. The molecular weight excluding hydrogens is 192 g/mol. The maximum absolute atomic E-state index is 10.7. The molecule has 1 aromatic carbocycles. The van der Waals surface area contributed by atoms with Gasteiger partial charge in [0.05, 0.1) is 0 Å². The molecule has 2 aromatic rings. The van der Waals surface area contributed by atoms with Crippen LogP contribution in [0.15, 0.2) is 39.5 Å². The van der Waals surface area contributed by atoms with Gasteiger partial charge in [-0.2, -0.15) is 0 Å². The van der Waals surface area contributed by atoms with Crippen molar-refractivity contribution < 1.29 is 4.42 Å². The molecular formula is C11H10N2O2. The monoisotopic (exact) mass is 202 g/mol. The van der Waals surface area contributed by atoms with Crippen molar-refractivity contribution in [3.05, 3.63) is 52.3 Å². The molecule has 0 aliphatic carbocycles. The maximum atomic E-state index is 10.7. The Bertz CT molecular complexity index is 523. The summed E-state index contributed by atoms with van der Waals surface area (Å²) in [5, 5.41) is 5.96. The summed E-state index contributed by atoms with van der Waals surface area (Å²) in [5.74, 6) is -0.213. The number of hydrogen-bond donors (Lipinski definition) is 1. The highest BCUT2D eigenvalue weighted by Crippen LogP contribution is 2.13. The predicted octanol–water partition coefficient (Wildman–Crippen LogP) is 1.92. The van der Waals surface area contributed by atoms with Crippen LogP contribution in [0.25, 0.3) is 11.6 Å². The zero-order valence-corrected chi connectivity index (χ0v) is 8.23. The fraction of sp³-hybridized carbons (Fsp3) is 0.0909. The molecule has 0 fully saturated rings. The molecule has 2 rings (SSSR count). The molecule has 76 valence electrons. The van der Waals surface area contributed by atoms with Crippen LogP contribution in [0.4, 0.5) is 0 Å². The van der Waals surface area contributed by atoms with Gasteiger partial charge in [-0.15, -0.1) is 5.10 Å². The van der Waals surface area contributed by atoms with Crippen LogP contribution in [0.3, 0.4) is 0 Å². The van der Waals surface area contributed by atoms with Crippen LogP contribution in [-0.2, 0) is 0 Å². The Labute approximate surface area is 86.3 Å².